The van der Waals surface area contributed by atoms with Gasteiger partial charge in [-0.15, -0.1) is 0 Å². The van der Waals surface area contributed by atoms with Gasteiger partial charge in [-0.1, -0.05) is 47.5 Å². The molecule has 1 aromatic heterocycles. The first-order chi connectivity index (χ1) is 13.7. The van der Waals surface area contributed by atoms with Crippen molar-refractivity contribution in [1.82, 2.24) is 14.6 Å². The van der Waals surface area contributed by atoms with E-state index in [1.165, 1.54) is 7.05 Å². The Morgan fingerprint density at radius 2 is 1.90 bits per heavy atom. The summed E-state index contributed by atoms with van der Waals surface area (Å²) in [4.78, 5) is 15.6. The maximum Gasteiger partial charge on any atom is 0.235 e. The number of carbonyl (C=O) groups is 1. The second kappa shape index (κ2) is 8.75. The Balaban J connectivity index is 1.91. The number of para-hydroxylation sites is 1. The zero-order chi connectivity index (χ0) is 21.2. The summed E-state index contributed by atoms with van der Waals surface area (Å²) >= 11 is 12.5. The molecule has 0 aliphatic rings. The number of H-pyrrole nitrogens is 1. The van der Waals surface area contributed by atoms with E-state index in [-0.39, 0.29) is 19.0 Å². The Labute approximate surface area is 179 Å². The van der Waals surface area contributed by atoms with E-state index in [1.54, 1.807) is 12.1 Å². The van der Waals surface area contributed by atoms with Gasteiger partial charge in [0.05, 0.1) is 12.8 Å². The van der Waals surface area contributed by atoms with Crippen LogP contribution in [0.2, 0.25) is 10.0 Å². The van der Waals surface area contributed by atoms with Gasteiger partial charge in [0.15, 0.2) is 0 Å². The van der Waals surface area contributed by atoms with Crippen molar-refractivity contribution in [2.75, 3.05) is 26.4 Å². The summed E-state index contributed by atoms with van der Waals surface area (Å²) < 4.78 is 24.1. The van der Waals surface area contributed by atoms with Gasteiger partial charge in [-0.3, -0.25) is 4.79 Å². The minimum absolute atomic E-state index is 0.247. The number of nitrogens with zero attached hydrogens (tertiary/aromatic N) is 1. The maximum atomic E-state index is 12.3. The number of sulfonamides is 1. The monoisotopic (exact) mass is 453 g/mol. The minimum Gasteiger partial charge on any atom is -0.361 e. The number of benzene rings is 2. The van der Waals surface area contributed by atoms with Gasteiger partial charge in [0.25, 0.3) is 0 Å². The highest BCUT2D eigenvalue weighted by Crippen LogP contribution is 2.35. The molecule has 0 aliphatic carbocycles. The van der Waals surface area contributed by atoms with Crippen LogP contribution in [0.15, 0.2) is 48.7 Å². The van der Waals surface area contributed by atoms with Gasteiger partial charge >= 0.3 is 0 Å². The van der Waals surface area contributed by atoms with Crippen molar-refractivity contribution >= 4 is 50.0 Å². The van der Waals surface area contributed by atoms with E-state index in [2.05, 4.69) is 10.3 Å². The number of carbonyl (C=O) groups excluding carboxylic acids is 1. The van der Waals surface area contributed by atoms with Gasteiger partial charge in [0.2, 0.25) is 15.9 Å². The normalized spacial score (nSPS) is 13.0. The predicted octanol–water partition coefficient (Wildman–Crippen LogP) is 3.61. The lowest BCUT2D eigenvalue weighted by Crippen LogP contribution is -2.39. The molecule has 0 aliphatic heterocycles. The third-order valence-corrected chi connectivity index (χ3v) is 6.59. The van der Waals surface area contributed by atoms with E-state index in [4.69, 9.17) is 23.2 Å². The molecule has 3 rings (SSSR count). The fourth-order valence-electron chi connectivity index (χ4n) is 3.15. The van der Waals surface area contributed by atoms with Crippen molar-refractivity contribution in [3.63, 3.8) is 0 Å². The van der Waals surface area contributed by atoms with Crippen LogP contribution in [0.5, 0.6) is 0 Å². The molecule has 3 aromatic rings. The van der Waals surface area contributed by atoms with Crippen molar-refractivity contribution < 1.29 is 13.2 Å². The summed E-state index contributed by atoms with van der Waals surface area (Å²) in [5.41, 5.74) is 2.76. The number of aromatic nitrogens is 1. The lowest BCUT2D eigenvalue weighted by molar-refractivity contribution is -0.121. The first-order valence-electron chi connectivity index (χ1n) is 8.86. The van der Waals surface area contributed by atoms with Crippen molar-refractivity contribution in [2.45, 2.75) is 5.92 Å². The predicted molar refractivity (Wildman–Crippen MR) is 117 cm³/mol. The average molecular weight is 454 g/mol. The zero-order valence-electron chi connectivity index (χ0n) is 15.9. The number of hydrogen-bond donors (Lipinski definition) is 2. The van der Waals surface area contributed by atoms with Crippen LogP contribution in [0.4, 0.5) is 0 Å². The zero-order valence-corrected chi connectivity index (χ0v) is 18.3. The Morgan fingerprint density at radius 3 is 2.59 bits per heavy atom. The number of fused-ring (bicyclic) bond motifs is 1. The number of likely N-dealkylation sites (N-methyl/N-ethyl adjacent to an activating group) is 1. The molecule has 1 atom stereocenters. The van der Waals surface area contributed by atoms with E-state index in [1.807, 2.05) is 36.5 Å². The summed E-state index contributed by atoms with van der Waals surface area (Å²) in [7, 11) is -2.08. The maximum absolute atomic E-state index is 12.3. The molecular weight excluding hydrogens is 433 g/mol. The topological polar surface area (TPSA) is 82.3 Å². The quantitative estimate of drug-likeness (QED) is 0.572. The van der Waals surface area contributed by atoms with Gasteiger partial charge < -0.3 is 10.3 Å². The molecule has 0 saturated heterocycles. The van der Waals surface area contributed by atoms with E-state index in [9.17, 15) is 13.2 Å². The number of nitrogens with one attached hydrogen (secondary N) is 2. The molecule has 6 nitrogen and oxygen atoms in total. The molecule has 0 radical (unpaired) electrons. The van der Waals surface area contributed by atoms with Crippen LogP contribution in [-0.4, -0.2) is 50.0 Å². The van der Waals surface area contributed by atoms with Gasteiger partial charge in [-0.2, -0.15) is 4.31 Å². The number of rotatable bonds is 7. The average Bonchev–Trinajstić information content (AvgIpc) is 3.06. The highest BCUT2D eigenvalue weighted by molar-refractivity contribution is 7.88. The van der Waals surface area contributed by atoms with Crippen LogP contribution in [0.3, 0.4) is 0 Å². The Kier molecular flexibility index (Phi) is 6.53. The van der Waals surface area contributed by atoms with Crippen LogP contribution in [0, 0.1) is 0 Å². The summed E-state index contributed by atoms with van der Waals surface area (Å²) in [5, 5.41) is 4.87. The molecule has 154 valence electrons. The van der Waals surface area contributed by atoms with Crippen LogP contribution in [0.1, 0.15) is 17.0 Å². The molecule has 9 heteroatoms. The molecule has 1 heterocycles. The molecule has 2 N–H and O–H groups in total. The molecular formula is C20H21Cl2N3O3S. The molecule has 29 heavy (non-hydrogen) atoms. The fourth-order valence-corrected chi connectivity index (χ4v) is 4.04. The van der Waals surface area contributed by atoms with Gasteiger partial charge in [0, 0.05) is 46.7 Å². The SMILES string of the molecule is CN(CC(=O)NCC(c1ccc(Cl)cc1Cl)c1c[nH]c2ccccc12)S(C)(=O)=O. The molecule has 0 saturated carbocycles. The standard InChI is InChI=1S/C20H21Cl2N3O3S/c1-25(29(2,27)28)12-20(26)24-11-16(14-8-7-13(21)9-18(14)22)17-10-23-19-6-4-3-5-15(17)19/h3-10,16,23H,11-12H2,1-2H3,(H,24,26). The first kappa shape index (κ1) is 21.6. The molecule has 0 spiro atoms. The largest absolute Gasteiger partial charge is 0.361 e. The molecule has 1 amide bonds. The van der Waals surface area contributed by atoms with E-state index in [0.29, 0.717) is 10.0 Å². The van der Waals surface area contributed by atoms with E-state index in [0.717, 1.165) is 32.6 Å². The van der Waals surface area contributed by atoms with E-state index >= 15 is 0 Å². The molecule has 0 bridgehead atoms. The summed E-state index contributed by atoms with van der Waals surface area (Å²) in [6, 6.07) is 13.1. The second-order valence-corrected chi connectivity index (χ2v) is 9.76. The number of halogens is 2. The first-order valence-corrected chi connectivity index (χ1v) is 11.5. The molecule has 0 fully saturated rings. The Bertz CT molecular complexity index is 1140. The molecule has 1 unspecified atom stereocenters. The fraction of sp³-hybridized carbons (Fsp3) is 0.250. The summed E-state index contributed by atoms with van der Waals surface area (Å²) in [6.07, 6.45) is 2.96. The molecule has 2 aromatic carbocycles. The van der Waals surface area contributed by atoms with Crippen molar-refractivity contribution in [1.29, 1.82) is 0 Å². The number of aromatic amines is 1. The third-order valence-electron chi connectivity index (χ3n) is 4.77. The lowest BCUT2D eigenvalue weighted by atomic mass is 9.90. The van der Waals surface area contributed by atoms with Crippen LogP contribution in [0.25, 0.3) is 10.9 Å². The highest BCUT2D eigenvalue weighted by atomic mass is 35.5. The number of hydrogen-bond acceptors (Lipinski definition) is 3. The smallest absolute Gasteiger partial charge is 0.235 e. The van der Waals surface area contributed by atoms with Crippen LogP contribution < -0.4 is 5.32 Å². The van der Waals surface area contributed by atoms with E-state index < -0.39 is 15.9 Å². The Morgan fingerprint density at radius 1 is 1.17 bits per heavy atom. The minimum atomic E-state index is -3.44. The van der Waals surface area contributed by atoms with Gasteiger partial charge in [0.1, 0.15) is 0 Å². The number of amides is 1. The van der Waals surface area contributed by atoms with Crippen molar-refractivity contribution in [2.24, 2.45) is 0 Å². The van der Waals surface area contributed by atoms with Crippen LogP contribution in [-0.2, 0) is 14.8 Å². The third kappa shape index (κ3) is 5.11. The summed E-state index contributed by atoms with van der Waals surface area (Å²) in [5.74, 6) is -0.642. The van der Waals surface area contributed by atoms with Crippen molar-refractivity contribution in [3.8, 4) is 0 Å². The van der Waals surface area contributed by atoms with Gasteiger partial charge in [-0.05, 0) is 29.3 Å². The van der Waals surface area contributed by atoms with Gasteiger partial charge in [-0.25, -0.2) is 8.42 Å². The lowest BCUT2D eigenvalue weighted by Gasteiger charge is -2.21. The second-order valence-electron chi connectivity index (χ2n) is 6.83. The summed E-state index contributed by atoms with van der Waals surface area (Å²) in [6.45, 7) is -0.00652. The Hall–Kier alpha value is -2.06. The highest BCUT2D eigenvalue weighted by Gasteiger charge is 2.22. The van der Waals surface area contributed by atoms with Crippen LogP contribution >= 0.6 is 23.2 Å². The van der Waals surface area contributed by atoms with Crippen molar-refractivity contribution in [3.05, 3.63) is 69.8 Å².